The highest BCUT2D eigenvalue weighted by molar-refractivity contribution is 9.10. The van der Waals surface area contributed by atoms with E-state index in [-0.39, 0.29) is 12.2 Å². The zero-order chi connectivity index (χ0) is 30.8. The van der Waals surface area contributed by atoms with Crippen LogP contribution < -0.4 is 5.32 Å². The molecule has 3 N–H and O–H groups in total. The topological polar surface area (TPSA) is 163 Å². The number of carbonyl (C=O) groups is 3. The predicted octanol–water partition coefficient (Wildman–Crippen LogP) is 2.74. The number of hydrogen-bond donors (Lipinski definition) is 3. The normalized spacial score (nSPS) is 22.5. The third-order valence-corrected chi connectivity index (χ3v) is 8.99. The highest BCUT2D eigenvalue weighted by Crippen LogP contribution is 2.59. The van der Waals surface area contributed by atoms with Gasteiger partial charge in [0.2, 0.25) is 17.6 Å². The molecule has 0 spiro atoms. The summed E-state index contributed by atoms with van der Waals surface area (Å²) >= 11 is 3.32. The maximum Gasteiger partial charge on any atom is 0.248 e. The van der Waals surface area contributed by atoms with Gasteiger partial charge in [-0.15, -0.1) is 0 Å². The summed E-state index contributed by atoms with van der Waals surface area (Å²) in [6.45, 7) is 6.29. The minimum Gasteiger partial charge on any atom is -0.390 e. The second-order valence-electron chi connectivity index (χ2n) is 11.5. The van der Waals surface area contributed by atoms with Gasteiger partial charge in [0.15, 0.2) is 0 Å². The van der Waals surface area contributed by atoms with Gasteiger partial charge in [0, 0.05) is 28.8 Å². The number of aromatic nitrogens is 5. The Labute approximate surface area is 255 Å². The number of anilines is 1. The Morgan fingerprint density at radius 1 is 1.09 bits per heavy atom. The van der Waals surface area contributed by atoms with Crippen molar-refractivity contribution in [3.05, 3.63) is 63.9 Å². The Bertz CT molecular complexity index is 1810. The molecule has 1 aromatic carbocycles. The molecule has 1 aliphatic heterocycles. The second kappa shape index (κ2) is 10.6. The van der Waals surface area contributed by atoms with Crippen molar-refractivity contribution in [2.45, 2.75) is 58.8 Å². The van der Waals surface area contributed by atoms with Gasteiger partial charge in [-0.2, -0.15) is 5.10 Å². The number of fused-ring (bicyclic) bond motifs is 2. The fourth-order valence-electron chi connectivity index (χ4n) is 6.16. The van der Waals surface area contributed by atoms with Gasteiger partial charge < -0.3 is 20.4 Å². The van der Waals surface area contributed by atoms with Crippen LogP contribution in [0.3, 0.4) is 0 Å². The van der Waals surface area contributed by atoms with Crippen molar-refractivity contribution in [2.24, 2.45) is 5.41 Å². The van der Waals surface area contributed by atoms with Crippen LogP contribution in [0.2, 0.25) is 0 Å². The van der Waals surface area contributed by atoms with Crippen molar-refractivity contribution in [3.63, 3.8) is 0 Å². The summed E-state index contributed by atoms with van der Waals surface area (Å²) in [5.41, 5.74) is 2.98. The molecule has 3 aromatic heterocycles. The quantitative estimate of drug-likeness (QED) is 0.202. The molecular formula is C30H30BrN7O5. The van der Waals surface area contributed by atoms with E-state index in [1.165, 1.54) is 9.58 Å². The number of carbonyl (C=O) groups excluding carboxylic acids is 3. The number of nitrogens with zero attached hydrogens (tertiary/aromatic N) is 6. The van der Waals surface area contributed by atoms with E-state index in [2.05, 4.69) is 41.3 Å². The van der Waals surface area contributed by atoms with Crippen LogP contribution in [0.5, 0.6) is 0 Å². The van der Waals surface area contributed by atoms with Crippen LogP contribution in [0, 0.1) is 26.2 Å². The van der Waals surface area contributed by atoms with Crippen LogP contribution in [0.15, 0.2) is 41.3 Å². The van der Waals surface area contributed by atoms with Crippen molar-refractivity contribution < 1.29 is 24.6 Å². The van der Waals surface area contributed by atoms with Crippen LogP contribution in [-0.4, -0.2) is 82.2 Å². The van der Waals surface area contributed by atoms with E-state index in [0.717, 1.165) is 22.3 Å². The molecule has 4 aromatic rings. The Kier molecular flexibility index (Phi) is 7.14. The van der Waals surface area contributed by atoms with Gasteiger partial charge in [-0.25, -0.2) is 15.0 Å². The summed E-state index contributed by atoms with van der Waals surface area (Å²) in [7, 11) is 0. The molecule has 6 rings (SSSR count). The lowest BCUT2D eigenvalue weighted by molar-refractivity contribution is -0.139. The standard InChI is InChI=1S/C30H30BrN7O5/c1-14-5-6-22(31)34-28(14)35-29(43)20-9-30(4)26(27(30)42)38(20)23(41)12-37-25-15(2)7-17(18-10-32-16(3)33-11-18)8-19(25)24(36-37)21(40)13-39/h5-8,10-11,20,26-27,39,42H,9,12-13H2,1-4H3,(H,34,35,43)/t20-,26+,27?,30+/m0/s1. The van der Waals surface area contributed by atoms with E-state index in [9.17, 15) is 24.6 Å². The molecule has 43 heavy (non-hydrogen) atoms. The molecule has 2 amide bonds. The summed E-state index contributed by atoms with van der Waals surface area (Å²) in [5.74, 6) is -0.405. The largest absolute Gasteiger partial charge is 0.390 e. The van der Waals surface area contributed by atoms with Gasteiger partial charge >= 0.3 is 0 Å². The first-order chi connectivity index (χ1) is 20.4. The lowest BCUT2D eigenvalue weighted by Gasteiger charge is -2.28. The number of likely N-dealkylation sites (tertiary alicyclic amines) is 1. The molecule has 4 atom stereocenters. The van der Waals surface area contributed by atoms with Crippen LogP contribution in [0.25, 0.3) is 22.0 Å². The summed E-state index contributed by atoms with van der Waals surface area (Å²) in [4.78, 5) is 54.5. The number of piperidine rings is 1. The van der Waals surface area contributed by atoms with Crippen molar-refractivity contribution in [1.82, 2.24) is 29.6 Å². The number of benzene rings is 1. The number of pyridine rings is 1. The summed E-state index contributed by atoms with van der Waals surface area (Å²) < 4.78 is 2.00. The van der Waals surface area contributed by atoms with Crippen molar-refractivity contribution >= 4 is 50.2 Å². The van der Waals surface area contributed by atoms with Gasteiger partial charge in [-0.3, -0.25) is 19.1 Å². The molecule has 2 aliphatic rings. The molecule has 1 unspecified atom stereocenters. The molecule has 2 fully saturated rings. The Hall–Kier alpha value is -4.07. The summed E-state index contributed by atoms with van der Waals surface area (Å²) in [6.07, 6.45) is 2.91. The number of ketones is 1. The fourth-order valence-corrected chi connectivity index (χ4v) is 6.47. The lowest BCUT2D eigenvalue weighted by atomic mass is 10.0. The Morgan fingerprint density at radius 2 is 1.81 bits per heavy atom. The van der Waals surface area contributed by atoms with Crippen LogP contribution in [0.4, 0.5) is 5.82 Å². The van der Waals surface area contributed by atoms with Crippen molar-refractivity contribution in [1.29, 1.82) is 0 Å². The number of halogens is 1. The average Bonchev–Trinajstić information content (AvgIpc) is 3.25. The SMILES string of the molecule is Cc1ncc(-c2cc(C)c3c(c2)c(C(=O)CO)nn3CC(=O)N2[C@H](C(=O)Nc3nc(Br)ccc3C)C[C@@]3(C)C(O)[C@@H]23)cn1. The van der Waals surface area contributed by atoms with Crippen LogP contribution >= 0.6 is 15.9 Å². The first-order valence-corrected chi connectivity index (χ1v) is 14.6. The van der Waals surface area contributed by atoms with Gasteiger partial charge in [-0.05, 0) is 78.0 Å². The number of aliphatic hydroxyl groups excluding tert-OH is 2. The van der Waals surface area contributed by atoms with E-state index >= 15 is 0 Å². The van der Waals surface area contributed by atoms with Gasteiger partial charge in [0.05, 0.1) is 17.7 Å². The monoisotopic (exact) mass is 647 g/mol. The van der Waals surface area contributed by atoms with Gasteiger partial charge in [0.25, 0.3) is 0 Å². The number of hydrogen-bond acceptors (Lipinski definition) is 9. The minimum absolute atomic E-state index is 0.0338. The molecular weight excluding hydrogens is 618 g/mol. The Morgan fingerprint density at radius 3 is 2.51 bits per heavy atom. The van der Waals surface area contributed by atoms with Crippen LogP contribution in [-0.2, 0) is 16.1 Å². The van der Waals surface area contributed by atoms with Crippen LogP contribution in [0.1, 0.15) is 40.8 Å². The number of nitrogens with one attached hydrogen (secondary N) is 1. The zero-order valence-corrected chi connectivity index (χ0v) is 25.6. The molecule has 1 saturated heterocycles. The maximum absolute atomic E-state index is 14.0. The zero-order valence-electron chi connectivity index (χ0n) is 24.0. The van der Waals surface area contributed by atoms with Gasteiger partial charge in [0.1, 0.15) is 41.1 Å². The summed E-state index contributed by atoms with van der Waals surface area (Å²) in [5, 5.41) is 28.2. The molecule has 222 valence electrons. The number of aryl methyl sites for hydroxylation is 3. The molecule has 4 heterocycles. The Balaban J connectivity index is 1.35. The molecule has 1 saturated carbocycles. The minimum atomic E-state index is -0.833. The molecule has 0 radical (unpaired) electrons. The predicted molar refractivity (Wildman–Crippen MR) is 160 cm³/mol. The molecule has 12 nitrogen and oxygen atoms in total. The smallest absolute Gasteiger partial charge is 0.248 e. The van der Waals surface area contributed by atoms with Crippen molar-refractivity contribution in [2.75, 3.05) is 11.9 Å². The highest BCUT2D eigenvalue weighted by atomic mass is 79.9. The van der Waals surface area contributed by atoms with E-state index < -0.39 is 47.8 Å². The van der Waals surface area contributed by atoms with E-state index in [1.54, 1.807) is 31.5 Å². The molecule has 13 heteroatoms. The lowest BCUT2D eigenvalue weighted by Crippen LogP contribution is -2.48. The third kappa shape index (κ3) is 4.90. The summed E-state index contributed by atoms with van der Waals surface area (Å²) in [6, 6.07) is 5.90. The number of rotatable bonds is 7. The van der Waals surface area contributed by atoms with E-state index in [0.29, 0.717) is 33.6 Å². The fraction of sp³-hybridized carbons (Fsp3) is 0.367. The average molecular weight is 649 g/mol. The first-order valence-electron chi connectivity index (χ1n) is 13.8. The highest BCUT2D eigenvalue weighted by Gasteiger charge is 2.72. The third-order valence-electron chi connectivity index (χ3n) is 8.55. The number of amides is 2. The maximum atomic E-state index is 14.0. The van der Waals surface area contributed by atoms with E-state index in [4.69, 9.17) is 0 Å². The molecule has 0 bridgehead atoms. The first kappa shape index (κ1) is 29.0. The van der Waals surface area contributed by atoms with E-state index in [1.807, 2.05) is 32.9 Å². The van der Waals surface area contributed by atoms with Crippen molar-refractivity contribution in [3.8, 4) is 11.1 Å². The van der Waals surface area contributed by atoms with Gasteiger partial charge in [-0.1, -0.05) is 13.0 Å². The molecule has 1 aliphatic carbocycles. The number of Topliss-reactive ketones (excluding diaryl/α,β-unsaturated/α-hetero) is 1. The second-order valence-corrected chi connectivity index (χ2v) is 12.3. The number of aliphatic hydroxyl groups is 2.